The van der Waals surface area contributed by atoms with Gasteiger partial charge in [-0.1, -0.05) is 0 Å². The van der Waals surface area contributed by atoms with Crippen LogP contribution in [-0.4, -0.2) is 41.7 Å². The lowest BCUT2D eigenvalue weighted by Crippen LogP contribution is -2.47. The van der Waals surface area contributed by atoms with Crippen molar-refractivity contribution in [3.8, 4) is 0 Å². The van der Waals surface area contributed by atoms with Gasteiger partial charge in [0, 0.05) is 20.0 Å². The molecular formula is C8H16N2O2. The van der Waals surface area contributed by atoms with E-state index in [-0.39, 0.29) is 11.8 Å². The van der Waals surface area contributed by atoms with Crippen molar-refractivity contribution in [2.45, 2.75) is 19.4 Å². The minimum absolute atomic E-state index is 0.0206. The summed E-state index contributed by atoms with van der Waals surface area (Å²) in [6.07, 6.45) is 0.330. The Morgan fingerprint density at radius 3 is 2.83 bits per heavy atom. The van der Waals surface area contributed by atoms with E-state index in [2.05, 4.69) is 0 Å². The SMILES string of the molecule is CC(=O)N1CC(O)CC(CN)C1. The van der Waals surface area contributed by atoms with Crippen molar-refractivity contribution in [2.24, 2.45) is 11.7 Å². The average molecular weight is 172 g/mol. The second kappa shape index (κ2) is 3.87. The van der Waals surface area contributed by atoms with Gasteiger partial charge in [0.1, 0.15) is 0 Å². The first kappa shape index (κ1) is 9.48. The Labute approximate surface area is 72.3 Å². The van der Waals surface area contributed by atoms with E-state index in [1.807, 2.05) is 0 Å². The maximum atomic E-state index is 11.0. The zero-order valence-electron chi connectivity index (χ0n) is 7.36. The lowest BCUT2D eigenvalue weighted by molar-refractivity contribution is -0.133. The number of hydrogen-bond acceptors (Lipinski definition) is 3. The van der Waals surface area contributed by atoms with E-state index in [0.29, 0.717) is 19.6 Å². The maximum absolute atomic E-state index is 11.0. The Bertz CT molecular complexity index is 172. The number of aliphatic hydroxyl groups excluding tert-OH is 1. The molecule has 2 unspecified atom stereocenters. The second-order valence-electron chi connectivity index (χ2n) is 3.42. The van der Waals surface area contributed by atoms with Crippen LogP contribution in [0, 0.1) is 5.92 Å². The first-order chi connectivity index (χ1) is 5.63. The standard InChI is InChI=1S/C8H16N2O2/c1-6(11)10-4-7(3-9)2-8(12)5-10/h7-8,12H,2-5,9H2,1H3. The van der Waals surface area contributed by atoms with Gasteiger partial charge in [-0.15, -0.1) is 0 Å². The highest BCUT2D eigenvalue weighted by Gasteiger charge is 2.26. The van der Waals surface area contributed by atoms with E-state index < -0.39 is 6.10 Å². The van der Waals surface area contributed by atoms with Crippen LogP contribution in [0.3, 0.4) is 0 Å². The summed E-state index contributed by atoms with van der Waals surface area (Å²) < 4.78 is 0. The van der Waals surface area contributed by atoms with Gasteiger partial charge in [-0.3, -0.25) is 4.79 Å². The number of carbonyl (C=O) groups is 1. The normalized spacial score (nSPS) is 30.4. The van der Waals surface area contributed by atoms with E-state index in [0.717, 1.165) is 6.42 Å². The smallest absolute Gasteiger partial charge is 0.219 e. The van der Waals surface area contributed by atoms with Crippen LogP contribution in [0.15, 0.2) is 0 Å². The zero-order chi connectivity index (χ0) is 9.14. The first-order valence-corrected chi connectivity index (χ1v) is 4.27. The molecule has 1 saturated heterocycles. The quantitative estimate of drug-likeness (QED) is 0.543. The van der Waals surface area contributed by atoms with Crippen LogP contribution in [0.4, 0.5) is 0 Å². The van der Waals surface area contributed by atoms with Crippen LogP contribution in [-0.2, 0) is 4.79 Å². The van der Waals surface area contributed by atoms with Crippen molar-refractivity contribution in [1.29, 1.82) is 0 Å². The number of nitrogens with zero attached hydrogens (tertiary/aromatic N) is 1. The number of carbonyl (C=O) groups excluding carboxylic acids is 1. The third-order valence-electron chi connectivity index (χ3n) is 2.29. The summed E-state index contributed by atoms with van der Waals surface area (Å²) in [5.41, 5.74) is 5.48. The molecule has 0 aromatic heterocycles. The van der Waals surface area contributed by atoms with Gasteiger partial charge in [0.15, 0.2) is 0 Å². The molecule has 0 saturated carbocycles. The molecule has 3 N–H and O–H groups in total. The fourth-order valence-electron chi connectivity index (χ4n) is 1.60. The Hall–Kier alpha value is -0.610. The summed E-state index contributed by atoms with van der Waals surface area (Å²) >= 11 is 0. The van der Waals surface area contributed by atoms with Crippen molar-refractivity contribution in [2.75, 3.05) is 19.6 Å². The highest BCUT2D eigenvalue weighted by atomic mass is 16.3. The molecule has 0 aromatic carbocycles. The predicted molar refractivity (Wildman–Crippen MR) is 45.4 cm³/mol. The molecular weight excluding hydrogens is 156 g/mol. The van der Waals surface area contributed by atoms with Gasteiger partial charge in [0.05, 0.1) is 6.10 Å². The molecule has 70 valence electrons. The van der Waals surface area contributed by atoms with Gasteiger partial charge >= 0.3 is 0 Å². The number of aliphatic hydroxyl groups is 1. The largest absolute Gasteiger partial charge is 0.391 e. The highest BCUT2D eigenvalue weighted by molar-refractivity contribution is 5.73. The van der Waals surface area contributed by atoms with Crippen molar-refractivity contribution >= 4 is 5.91 Å². The summed E-state index contributed by atoms with van der Waals surface area (Å²) in [7, 11) is 0. The molecule has 2 atom stereocenters. The van der Waals surface area contributed by atoms with Crippen LogP contribution < -0.4 is 5.73 Å². The van der Waals surface area contributed by atoms with Crippen LogP contribution in [0.2, 0.25) is 0 Å². The number of piperidine rings is 1. The minimum Gasteiger partial charge on any atom is -0.391 e. The highest BCUT2D eigenvalue weighted by Crippen LogP contribution is 2.15. The maximum Gasteiger partial charge on any atom is 0.219 e. The number of likely N-dealkylation sites (tertiary alicyclic amines) is 1. The van der Waals surface area contributed by atoms with Crippen LogP contribution in [0.1, 0.15) is 13.3 Å². The molecule has 0 spiro atoms. The van der Waals surface area contributed by atoms with Crippen molar-refractivity contribution in [3.63, 3.8) is 0 Å². The van der Waals surface area contributed by atoms with Crippen LogP contribution in [0.5, 0.6) is 0 Å². The lowest BCUT2D eigenvalue weighted by atomic mass is 9.96. The Morgan fingerprint density at radius 1 is 1.67 bits per heavy atom. The fraction of sp³-hybridized carbons (Fsp3) is 0.875. The lowest BCUT2D eigenvalue weighted by Gasteiger charge is -2.34. The van der Waals surface area contributed by atoms with Gasteiger partial charge in [-0.25, -0.2) is 0 Å². The molecule has 1 heterocycles. The van der Waals surface area contributed by atoms with E-state index >= 15 is 0 Å². The Kier molecular flexibility index (Phi) is 3.05. The molecule has 1 aliphatic heterocycles. The van der Waals surface area contributed by atoms with Gasteiger partial charge in [-0.2, -0.15) is 0 Å². The summed E-state index contributed by atoms with van der Waals surface area (Å²) in [6, 6.07) is 0. The number of rotatable bonds is 1. The van der Waals surface area contributed by atoms with Crippen molar-refractivity contribution in [3.05, 3.63) is 0 Å². The molecule has 4 nitrogen and oxygen atoms in total. The van der Waals surface area contributed by atoms with Crippen molar-refractivity contribution in [1.82, 2.24) is 4.90 Å². The zero-order valence-corrected chi connectivity index (χ0v) is 7.36. The molecule has 0 aliphatic carbocycles. The van der Waals surface area contributed by atoms with E-state index in [9.17, 15) is 9.90 Å². The first-order valence-electron chi connectivity index (χ1n) is 4.27. The molecule has 1 fully saturated rings. The summed E-state index contributed by atoms with van der Waals surface area (Å²) in [5, 5.41) is 9.38. The minimum atomic E-state index is -0.392. The topological polar surface area (TPSA) is 66.6 Å². The molecule has 12 heavy (non-hydrogen) atoms. The van der Waals surface area contributed by atoms with Crippen LogP contribution >= 0.6 is 0 Å². The van der Waals surface area contributed by atoms with Crippen molar-refractivity contribution < 1.29 is 9.90 Å². The molecule has 0 bridgehead atoms. The van der Waals surface area contributed by atoms with Gasteiger partial charge < -0.3 is 15.7 Å². The monoisotopic (exact) mass is 172 g/mol. The molecule has 1 rings (SSSR count). The number of amides is 1. The number of nitrogens with two attached hydrogens (primary N) is 1. The molecule has 4 heteroatoms. The third kappa shape index (κ3) is 2.19. The van der Waals surface area contributed by atoms with E-state index in [1.54, 1.807) is 4.90 Å². The molecule has 0 aromatic rings. The second-order valence-corrected chi connectivity index (χ2v) is 3.42. The fourth-order valence-corrected chi connectivity index (χ4v) is 1.60. The number of hydrogen-bond donors (Lipinski definition) is 2. The Morgan fingerprint density at radius 2 is 2.33 bits per heavy atom. The number of β-amino-alcohol motifs (C(OH)–C–C–N with tert-alkyl or cyclic N) is 1. The van der Waals surface area contributed by atoms with Crippen LogP contribution in [0.25, 0.3) is 0 Å². The molecule has 0 radical (unpaired) electrons. The van der Waals surface area contributed by atoms with Gasteiger partial charge in [0.25, 0.3) is 0 Å². The summed E-state index contributed by atoms with van der Waals surface area (Å²) in [5.74, 6) is 0.282. The van der Waals surface area contributed by atoms with E-state index in [4.69, 9.17) is 5.73 Å². The average Bonchev–Trinajstić information content (AvgIpc) is 2.03. The summed E-state index contributed by atoms with van der Waals surface area (Å²) in [6.45, 7) is 3.22. The van der Waals surface area contributed by atoms with Gasteiger partial charge in [0.2, 0.25) is 5.91 Å². The molecule has 1 amide bonds. The Balaban J connectivity index is 2.51. The third-order valence-corrected chi connectivity index (χ3v) is 2.29. The van der Waals surface area contributed by atoms with E-state index in [1.165, 1.54) is 6.92 Å². The molecule has 1 aliphatic rings. The van der Waals surface area contributed by atoms with Gasteiger partial charge in [-0.05, 0) is 18.9 Å². The summed E-state index contributed by atoms with van der Waals surface area (Å²) in [4.78, 5) is 12.6. The predicted octanol–water partition coefficient (Wildman–Crippen LogP) is -0.826.